The molecule has 0 saturated carbocycles. The molecule has 0 radical (unpaired) electrons. The Kier molecular flexibility index (Phi) is 7.95. The Hall–Kier alpha value is -3.38. The van der Waals surface area contributed by atoms with E-state index >= 15 is 0 Å². The van der Waals surface area contributed by atoms with Crippen LogP contribution in [0.2, 0.25) is 5.02 Å². The van der Waals surface area contributed by atoms with Crippen LogP contribution in [0.5, 0.6) is 0 Å². The summed E-state index contributed by atoms with van der Waals surface area (Å²) in [4.78, 5) is 21.5. The molecule has 2 aromatic rings. The number of nitrogens with zero attached hydrogens (tertiary/aromatic N) is 3. The van der Waals surface area contributed by atoms with Gasteiger partial charge in [0.2, 0.25) is 6.41 Å². The molecular formula is C23H26ClN5O. The van der Waals surface area contributed by atoms with Gasteiger partial charge in [-0.05, 0) is 49.2 Å². The van der Waals surface area contributed by atoms with Gasteiger partial charge in [0.1, 0.15) is 5.84 Å². The van der Waals surface area contributed by atoms with Gasteiger partial charge < -0.3 is 16.0 Å². The zero-order chi connectivity index (χ0) is 22.3. The number of carbonyl (C=O) groups excluding carboxylic acids is 1. The number of rotatable bonds is 7. The van der Waals surface area contributed by atoms with Gasteiger partial charge in [0, 0.05) is 42.4 Å². The fourth-order valence-corrected chi connectivity index (χ4v) is 3.02. The molecule has 156 valence electrons. The lowest BCUT2D eigenvalue weighted by Crippen LogP contribution is -2.24. The van der Waals surface area contributed by atoms with E-state index in [9.17, 15) is 4.79 Å². The zero-order valence-corrected chi connectivity index (χ0v) is 18.4. The number of carbonyl (C=O) groups is 1. The highest BCUT2D eigenvalue weighted by atomic mass is 35.5. The average molecular weight is 424 g/mol. The molecule has 0 aliphatic carbocycles. The maximum absolute atomic E-state index is 11.2. The first kappa shape index (κ1) is 22.9. The van der Waals surface area contributed by atoms with E-state index in [1.54, 1.807) is 26.2 Å². The lowest BCUT2D eigenvalue weighted by atomic mass is 10.0. The number of nitrogens with one attached hydrogen (secondary N) is 1. The van der Waals surface area contributed by atoms with E-state index in [-0.39, 0.29) is 0 Å². The largest absolute Gasteiger partial charge is 0.398 e. The van der Waals surface area contributed by atoms with E-state index in [2.05, 4.69) is 21.9 Å². The van der Waals surface area contributed by atoms with Gasteiger partial charge in [-0.1, -0.05) is 36.4 Å². The molecule has 2 rings (SSSR count). The predicted octanol–water partition coefficient (Wildman–Crippen LogP) is 4.66. The molecule has 2 aromatic carbocycles. The van der Waals surface area contributed by atoms with Gasteiger partial charge in [-0.3, -0.25) is 9.79 Å². The van der Waals surface area contributed by atoms with Crippen molar-refractivity contribution in [2.24, 2.45) is 15.7 Å². The molecular weight excluding hydrogens is 398 g/mol. The molecule has 6 nitrogen and oxygen atoms in total. The van der Waals surface area contributed by atoms with Crippen LogP contribution in [0.1, 0.15) is 18.1 Å². The van der Waals surface area contributed by atoms with Crippen LogP contribution < -0.4 is 16.0 Å². The van der Waals surface area contributed by atoms with Crippen LogP contribution in [0.3, 0.4) is 0 Å². The summed E-state index contributed by atoms with van der Waals surface area (Å²) in [6.07, 6.45) is 2.20. The lowest BCUT2D eigenvalue weighted by molar-refractivity contribution is -0.107. The first-order chi connectivity index (χ1) is 14.3. The third-order valence-electron chi connectivity index (χ3n) is 4.59. The van der Waals surface area contributed by atoms with Crippen molar-refractivity contribution in [1.82, 2.24) is 0 Å². The van der Waals surface area contributed by atoms with Crippen molar-refractivity contribution in [2.45, 2.75) is 13.8 Å². The number of nitrogens with two attached hydrogens (primary N) is 1. The Morgan fingerprint density at radius 1 is 1.23 bits per heavy atom. The molecule has 0 spiro atoms. The normalized spacial score (nSPS) is 12.8. The number of anilines is 2. The quantitative estimate of drug-likeness (QED) is 0.386. The van der Waals surface area contributed by atoms with Crippen molar-refractivity contribution >= 4 is 46.6 Å². The highest BCUT2D eigenvalue weighted by molar-refractivity contribution is 6.31. The van der Waals surface area contributed by atoms with Crippen LogP contribution in [0.25, 0.3) is 5.70 Å². The number of aryl methyl sites for hydroxylation is 1. The Bertz CT molecular complexity index is 1020. The third kappa shape index (κ3) is 5.36. The summed E-state index contributed by atoms with van der Waals surface area (Å²) in [6.45, 7) is 7.52. The monoisotopic (exact) mass is 423 g/mol. The summed E-state index contributed by atoms with van der Waals surface area (Å²) in [7, 11) is 3.40. The molecule has 3 N–H and O–H groups in total. The van der Waals surface area contributed by atoms with Gasteiger partial charge in [-0.15, -0.1) is 0 Å². The van der Waals surface area contributed by atoms with Crippen LogP contribution in [0.15, 0.2) is 70.8 Å². The van der Waals surface area contributed by atoms with Crippen molar-refractivity contribution < 1.29 is 4.79 Å². The van der Waals surface area contributed by atoms with Crippen LogP contribution in [-0.2, 0) is 4.79 Å². The molecule has 7 heteroatoms. The molecule has 0 heterocycles. The lowest BCUT2D eigenvalue weighted by Gasteiger charge is -2.19. The SMILES string of the molecule is C=CN=C(Nc1ccc(C)c(N(C)C=O)c1)/C(C(C)=NC)=C(\N)c1ccc(Cl)cc1. The van der Waals surface area contributed by atoms with Crippen molar-refractivity contribution in [1.29, 1.82) is 0 Å². The first-order valence-corrected chi connectivity index (χ1v) is 9.64. The van der Waals surface area contributed by atoms with Crippen LogP contribution in [0, 0.1) is 6.92 Å². The van der Waals surface area contributed by atoms with Gasteiger partial charge in [0.15, 0.2) is 0 Å². The second-order valence-corrected chi connectivity index (χ2v) is 7.04. The van der Waals surface area contributed by atoms with E-state index in [0.717, 1.165) is 28.9 Å². The van der Waals surface area contributed by atoms with E-state index in [1.807, 2.05) is 44.2 Å². The summed E-state index contributed by atoms with van der Waals surface area (Å²) < 4.78 is 0. The highest BCUT2D eigenvalue weighted by Crippen LogP contribution is 2.25. The van der Waals surface area contributed by atoms with E-state index in [4.69, 9.17) is 17.3 Å². The molecule has 30 heavy (non-hydrogen) atoms. The summed E-state index contributed by atoms with van der Waals surface area (Å²) in [5, 5.41) is 3.92. The number of aliphatic imine (C=N–C) groups is 2. The number of benzene rings is 2. The van der Waals surface area contributed by atoms with Crippen molar-refractivity contribution in [3.63, 3.8) is 0 Å². The Morgan fingerprint density at radius 2 is 1.90 bits per heavy atom. The molecule has 0 unspecified atom stereocenters. The molecule has 0 atom stereocenters. The van der Waals surface area contributed by atoms with E-state index in [1.165, 1.54) is 11.1 Å². The van der Waals surface area contributed by atoms with Crippen LogP contribution >= 0.6 is 11.6 Å². The number of hydrogen-bond donors (Lipinski definition) is 2. The van der Waals surface area contributed by atoms with Crippen LogP contribution in [0.4, 0.5) is 11.4 Å². The number of hydrogen-bond acceptors (Lipinski definition) is 4. The summed E-state index contributed by atoms with van der Waals surface area (Å²) >= 11 is 6.01. The molecule has 0 bridgehead atoms. The smallest absolute Gasteiger partial charge is 0.213 e. The topological polar surface area (TPSA) is 83.1 Å². The number of halogens is 1. The maximum atomic E-state index is 11.2. The Labute approximate surface area is 182 Å². The summed E-state index contributed by atoms with van der Waals surface area (Å²) in [5.41, 5.74) is 11.7. The van der Waals surface area contributed by atoms with Crippen LogP contribution in [-0.4, -0.2) is 32.1 Å². The van der Waals surface area contributed by atoms with Gasteiger partial charge in [0.05, 0.1) is 11.3 Å². The summed E-state index contributed by atoms with van der Waals surface area (Å²) in [6, 6.07) is 12.9. The molecule has 0 aliphatic heterocycles. The van der Waals surface area contributed by atoms with E-state index < -0.39 is 0 Å². The Morgan fingerprint density at radius 3 is 2.47 bits per heavy atom. The first-order valence-electron chi connectivity index (χ1n) is 9.26. The van der Waals surface area contributed by atoms with Gasteiger partial charge in [-0.25, -0.2) is 4.99 Å². The fraction of sp³-hybridized carbons (Fsp3) is 0.174. The second-order valence-electron chi connectivity index (χ2n) is 6.61. The summed E-state index contributed by atoms with van der Waals surface area (Å²) in [5.74, 6) is 0.490. The van der Waals surface area contributed by atoms with Crippen molar-refractivity contribution in [3.05, 3.63) is 77.0 Å². The standard InChI is InChI=1S/C23H26ClN5O/c1-6-27-23(28-19-12-7-15(2)20(13-19)29(5)14-30)21(16(3)26-4)22(25)17-8-10-18(24)11-9-17/h6-14H,1,25H2,2-5H3,(H,27,28)/b22-21-,26-16?. The van der Waals surface area contributed by atoms with Gasteiger partial charge >= 0.3 is 0 Å². The minimum Gasteiger partial charge on any atom is -0.398 e. The molecule has 0 aliphatic rings. The fourth-order valence-electron chi connectivity index (χ4n) is 2.89. The van der Waals surface area contributed by atoms with Gasteiger partial charge in [0.25, 0.3) is 0 Å². The molecule has 0 aromatic heterocycles. The zero-order valence-electron chi connectivity index (χ0n) is 17.6. The molecule has 0 fully saturated rings. The average Bonchev–Trinajstić information content (AvgIpc) is 2.74. The molecule has 1 amide bonds. The minimum atomic E-state index is 0.490. The van der Waals surface area contributed by atoms with Crippen molar-refractivity contribution in [2.75, 3.05) is 24.3 Å². The van der Waals surface area contributed by atoms with Gasteiger partial charge in [-0.2, -0.15) is 0 Å². The number of amides is 1. The third-order valence-corrected chi connectivity index (χ3v) is 4.84. The van der Waals surface area contributed by atoms with E-state index in [0.29, 0.717) is 27.8 Å². The second kappa shape index (κ2) is 10.4. The minimum absolute atomic E-state index is 0.490. The predicted molar refractivity (Wildman–Crippen MR) is 128 cm³/mol. The number of amidine groups is 1. The maximum Gasteiger partial charge on any atom is 0.213 e. The Balaban J connectivity index is 2.59. The highest BCUT2D eigenvalue weighted by Gasteiger charge is 2.17. The molecule has 0 saturated heterocycles. The van der Waals surface area contributed by atoms with Crippen molar-refractivity contribution in [3.8, 4) is 0 Å².